The van der Waals surface area contributed by atoms with Crippen molar-refractivity contribution in [3.05, 3.63) is 54.9 Å². The van der Waals surface area contributed by atoms with Crippen LogP contribution in [0.15, 0.2) is 59.3 Å². The highest BCUT2D eigenvalue weighted by Gasteiger charge is 2.31. The fourth-order valence-corrected chi connectivity index (χ4v) is 2.94. The highest BCUT2D eigenvalue weighted by molar-refractivity contribution is 6.00. The molecule has 0 bridgehead atoms. The minimum atomic E-state index is -0.594. The number of ether oxygens (including phenoxy) is 2. The van der Waals surface area contributed by atoms with Gasteiger partial charge in [-0.15, -0.1) is 10.2 Å². The zero-order valence-corrected chi connectivity index (χ0v) is 15.1. The van der Waals surface area contributed by atoms with Crippen LogP contribution in [0.2, 0.25) is 0 Å². The SMILES string of the molecule is CC1Oc2ccccc2N(CCC(=O)Oc2ccc(-c3nnco3)cc2)C1=O. The number of carbonyl (C=O) groups excluding carboxylic acids is 2. The molecule has 0 saturated heterocycles. The first-order valence-corrected chi connectivity index (χ1v) is 8.76. The first-order valence-electron chi connectivity index (χ1n) is 8.76. The number of fused-ring (bicyclic) bond motifs is 1. The van der Waals surface area contributed by atoms with E-state index < -0.39 is 12.1 Å². The van der Waals surface area contributed by atoms with E-state index >= 15 is 0 Å². The first-order chi connectivity index (χ1) is 13.6. The largest absolute Gasteiger partial charge is 0.479 e. The summed E-state index contributed by atoms with van der Waals surface area (Å²) in [6, 6.07) is 14.0. The molecule has 8 heteroatoms. The lowest BCUT2D eigenvalue weighted by atomic mass is 10.2. The molecule has 142 valence electrons. The Morgan fingerprint density at radius 3 is 2.71 bits per heavy atom. The Hall–Kier alpha value is -3.68. The fourth-order valence-electron chi connectivity index (χ4n) is 2.94. The molecular formula is C20H17N3O5. The normalized spacial score (nSPS) is 15.7. The number of hydrogen-bond acceptors (Lipinski definition) is 7. The maximum atomic E-state index is 12.4. The molecule has 0 fully saturated rings. The molecule has 4 rings (SSSR count). The van der Waals surface area contributed by atoms with Crippen LogP contribution in [0.3, 0.4) is 0 Å². The lowest BCUT2D eigenvalue weighted by Crippen LogP contribution is -2.45. The summed E-state index contributed by atoms with van der Waals surface area (Å²) >= 11 is 0. The van der Waals surface area contributed by atoms with Crippen molar-refractivity contribution in [3.63, 3.8) is 0 Å². The summed E-state index contributed by atoms with van der Waals surface area (Å²) in [5, 5.41) is 7.44. The smallest absolute Gasteiger partial charge is 0.312 e. The molecule has 1 amide bonds. The maximum absolute atomic E-state index is 12.4. The number of aromatic nitrogens is 2. The number of para-hydroxylation sites is 2. The molecule has 1 aromatic heterocycles. The minimum Gasteiger partial charge on any atom is -0.479 e. The number of rotatable bonds is 5. The van der Waals surface area contributed by atoms with Gasteiger partial charge in [-0.1, -0.05) is 12.1 Å². The Morgan fingerprint density at radius 1 is 1.18 bits per heavy atom. The molecular weight excluding hydrogens is 362 g/mol. The van der Waals surface area contributed by atoms with Crippen molar-refractivity contribution in [1.29, 1.82) is 0 Å². The molecule has 2 heterocycles. The lowest BCUT2D eigenvalue weighted by molar-refractivity contribution is -0.134. The molecule has 3 aromatic rings. The lowest BCUT2D eigenvalue weighted by Gasteiger charge is -2.32. The third kappa shape index (κ3) is 3.57. The van der Waals surface area contributed by atoms with Gasteiger partial charge in [-0.25, -0.2) is 0 Å². The van der Waals surface area contributed by atoms with Crippen LogP contribution < -0.4 is 14.4 Å². The van der Waals surface area contributed by atoms with E-state index in [0.29, 0.717) is 23.1 Å². The molecule has 1 atom stereocenters. The van der Waals surface area contributed by atoms with Gasteiger partial charge in [0.1, 0.15) is 11.5 Å². The van der Waals surface area contributed by atoms with Gasteiger partial charge in [-0.2, -0.15) is 0 Å². The van der Waals surface area contributed by atoms with Gasteiger partial charge < -0.3 is 18.8 Å². The predicted octanol–water partition coefficient (Wildman–Crippen LogP) is 2.85. The van der Waals surface area contributed by atoms with Crippen LogP contribution in [-0.2, 0) is 9.59 Å². The Balaban J connectivity index is 1.39. The highest BCUT2D eigenvalue weighted by atomic mass is 16.5. The van der Waals surface area contributed by atoms with Crippen molar-refractivity contribution in [1.82, 2.24) is 10.2 Å². The second kappa shape index (κ2) is 7.51. The topological polar surface area (TPSA) is 94.8 Å². The van der Waals surface area contributed by atoms with Gasteiger partial charge in [0.2, 0.25) is 12.3 Å². The molecule has 8 nitrogen and oxygen atoms in total. The van der Waals surface area contributed by atoms with E-state index in [0.717, 1.165) is 5.56 Å². The van der Waals surface area contributed by atoms with Crippen molar-refractivity contribution in [2.45, 2.75) is 19.4 Å². The summed E-state index contributed by atoms with van der Waals surface area (Å²) in [6.45, 7) is 1.90. The van der Waals surface area contributed by atoms with Crippen molar-refractivity contribution >= 4 is 17.6 Å². The number of nitrogens with zero attached hydrogens (tertiary/aromatic N) is 3. The number of anilines is 1. The van der Waals surface area contributed by atoms with Crippen molar-refractivity contribution < 1.29 is 23.5 Å². The predicted molar refractivity (Wildman–Crippen MR) is 98.9 cm³/mol. The van der Waals surface area contributed by atoms with E-state index in [1.165, 1.54) is 6.39 Å². The van der Waals surface area contributed by atoms with Gasteiger partial charge >= 0.3 is 5.97 Å². The summed E-state index contributed by atoms with van der Waals surface area (Å²) in [5.41, 5.74) is 1.38. The molecule has 0 spiro atoms. The number of hydrogen-bond donors (Lipinski definition) is 0. The number of esters is 1. The summed E-state index contributed by atoms with van der Waals surface area (Å²) in [6.07, 6.45) is 0.705. The number of carbonyl (C=O) groups is 2. The molecule has 28 heavy (non-hydrogen) atoms. The molecule has 2 aromatic carbocycles. The molecule has 1 aliphatic heterocycles. The van der Waals surface area contributed by atoms with Crippen LogP contribution >= 0.6 is 0 Å². The van der Waals surface area contributed by atoms with Crippen LogP contribution in [0, 0.1) is 0 Å². The van der Waals surface area contributed by atoms with E-state index in [9.17, 15) is 9.59 Å². The Labute approximate surface area is 160 Å². The van der Waals surface area contributed by atoms with Crippen LogP contribution in [-0.4, -0.2) is 34.7 Å². The molecule has 0 radical (unpaired) electrons. The van der Waals surface area contributed by atoms with Crippen LogP contribution in [0.5, 0.6) is 11.5 Å². The van der Waals surface area contributed by atoms with Crippen LogP contribution in [0.25, 0.3) is 11.5 Å². The summed E-state index contributed by atoms with van der Waals surface area (Å²) in [7, 11) is 0. The zero-order chi connectivity index (χ0) is 19.5. The second-order valence-electron chi connectivity index (χ2n) is 6.21. The van der Waals surface area contributed by atoms with E-state index in [-0.39, 0.29) is 18.9 Å². The standard InChI is InChI=1S/C20H17N3O5/c1-13-20(25)23(16-4-2-3-5-17(16)27-13)11-10-18(24)28-15-8-6-14(7-9-15)19-22-21-12-26-19/h2-9,12-13H,10-11H2,1H3. The summed E-state index contributed by atoms with van der Waals surface area (Å²) < 4.78 is 16.1. The number of benzene rings is 2. The van der Waals surface area contributed by atoms with Crippen molar-refractivity contribution in [3.8, 4) is 23.0 Å². The van der Waals surface area contributed by atoms with Crippen molar-refractivity contribution in [2.24, 2.45) is 0 Å². The fraction of sp³-hybridized carbons (Fsp3) is 0.200. The quantitative estimate of drug-likeness (QED) is 0.497. The average molecular weight is 379 g/mol. The van der Waals surface area contributed by atoms with Crippen molar-refractivity contribution in [2.75, 3.05) is 11.4 Å². The van der Waals surface area contributed by atoms with E-state index in [1.54, 1.807) is 48.2 Å². The monoisotopic (exact) mass is 379 g/mol. The van der Waals surface area contributed by atoms with E-state index in [1.807, 2.05) is 12.1 Å². The van der Waals surface area contributed by atoms with Gasteiger partial charge in [0.15, 0.2) is 6.10 Å². The third-order valence-corrected chi connectivity index (χ3v) is 4.31. The molecule has 1 aliphatic rings. The van der Waals surface area contributed by atoms with E-state index in [2.05, 4.69) is 10.2 Å². The molecule has 0 saturated carbocycles. The molecule has 0 N–H and O–H groups in total. The maximum Gasteiger partial charge on any atom is 0.312 e. The summed E-state index contributed by atoms with van der Waals surface area (Å²) in [4.78, 5) is 26.2. The van der Waals surface area contributed by atoms with Gasteiger partial charge in [-0.05, 0) is 43.3 Å². The molecule has 0 aliphatic carbocycles. The van der Waals surface area contributed by atoms with Gasteiger partial charge in [-0.3, -0.25) is 9.59 Å². The molecule has 1 unspecified atom stereocenters. The van der Waals surface area contributed by atoms with Gasteiger partial charge in [0.25, 0.3) is 5.91 Å². The first kappa shape index (κ1) is 17.7. The summed E-state index contributed by atoms with van der Waals surface area (Å²) in [5.74, 6) is 0.789. The minimum absolute atomic E-state index is 0.0538. The number of amides is 1. The Bertz CT molecular complexity index is 985. The van der Waals surface area contributed by atoms with Gasteiger partial charge in [0.05, 0.1) is 12.1 Å². The Kier molecular flexibility index (Phi) is 4.76. The van der Waals surface area contributed by atoms with Crippen LogP contribution in [0.1, 0.15) is 13.3 Å². The van der Waals surface area contributed by atoms with Gasteiger partial charge in [0, 0.05) is 12.1 Å². The third-order valence-electron chi connectivity index (χ3n) is 4.31. The van der Waals surface area contributed by atoms with Crippen LogP contribution in [0.4, 0.5) is 5.69 Å². The van der Waals surface area contributed by atoms with E-state index in [4.69, 9.17) is 13.9 Å². The Morgan fingerprint density at radius 2 is 1.96 bits per heavy atom. The zero-order valence-electron chi connectivity index (χ0n) is 15.1. The average Bonchev–Trinajstić information content (AvgIpc) is 3.24. The second-order valence-corrected chi connectivity index (χ2v) is 6.21. The highest BCUT2D eigenvalue weighted by Crippen LogP contribution is 2.33.